The summed E-state index contributed by atoms with van der Waals surface area (Å²) in [5.74, 6) is -0.947. The molecule has 0 aliphatic carbocycles. The number of amides is 2. The van der Waals surface area contributed by atoms with Gasteiger partial charge < -0.3 is 15.3 Å². The van der Waals surface area contributed by atoms with E-state index in [9.17, 15) is 14.7 Å². The van der Waals surface area contributed by atoms with Crippen LogP contribution in [0.3, 0.4) is 0 Å². The molecule has 2 heterocycles. The zero-order valence-corrected chi connectivity index (χ0v) is 12.1. The Morgan fingerprint density at radius 1 is 1.48 bits per heavy atom. The molecule has 1 aliphatic rings. The van der Waals surface area contributed by atoms with Crippen molar-refractivity contribution in [3.8, 4) is 0 Å². The van der Waals surface area contributed by atoms with Crippen molar-refractivity contribution in [3.63, 3.8) is 0 Å². The average Bonchev–Trinajstić information content (AvgIpc) is 2.95. The van der Waals surface area contributed by atoms with E-state index < -0.39 is 12.0 Å². The molecule has 1 saturated heterocycles. The number of aromatic nitrogens is 3. The van der Waals surface area contributed by atoms with E-state index in [1.807, 2.05) is 6.92 Å². The second kappa shape index (κ2) is 7.05. The van der Waals surface area contributed by atoms with E-state index in [0.29, 0.717) is 19.6 Å². The Morgan fingerprint density at radius 3 is 2.95 bits per heavy atom. The molecule has 0 spiro atoms. The highest BCUT2D eigenvalue weighted by atomic mass is 16.4. The maximum absolute atomic E-state index is 12.1. The number of carbonyl (C=O) groups is 2. The van der Waals surface area contributed by atoms with E-state index in [4.69, 9.17) is 0 Å². The number of aliphatic carboxylic acids is 1. The van der Waals surface area contributed by atoms with Gasteiger partial charge in [0.2, 0.25) is 0 Å². The Bertz CT molecular complexity index is 476. The number of urea groups is 1. The first-order chi connectivity index (χ1) is 10.1. The first-order valence-electron chi connectivity index (χ1n) is 7.21. The van der Waals surface area contributed by atoms with E-state index in [0.717, 1.165) is 19.3 Å². The van der Waals surface area contributed by atoms with E-state index in [1.54, 1.807) is 17.1 Å². The third-order valence-corrected chi connectivity index (χ3v) is 3.76. The highest BCUT2D eigenvalue weighted by Gasteiger charge is 2.36. The largest absolute Gasteiger partial charge is 0.480 e. The molecule has 1 aromatic rings. The maximum atomic E-state index is 12.1. The number of carbonyl (C=O) groups excluding carboxylic acids is 1. The van der Waals surface area contributed by atoms with Crippen LogP contribution < -0.4 is 5.32 Å². The summed E-state index contributed by atoms with van der Waals surface area (Å²) in [7, 11) is 0. The molecule has 2 rings (SSSR count). The maximum Gasteiger partial charge on any atom is 0.326 e. The smallest absolute Gasteiger partial charge is 0.326 e. The normalized spacial score (nSPS) is 22.0. The van der Waals surface area contributed by atoms with Crippen molar-refractivity contribution in [1.29, 1.82) is 0 Å². The van der Waals surface area contributed by atoms with E-state index in [-0.39, 0.29) is 11.9 Å². The lowest BCUT2D eigenvalue weighted by molar-refractivity contribution is -0.145. The minimum atomic E-state index is -0.931. The summed E-state index contributed by atoms with van der Waals surface area (Å²) in [6, 6.07) is -1.03. The van der Waals surface area contributed by atoms with Crippen LogP contribution in [-0.4, -0.2) is 56.1 Å². The molecule has 2 atom stereocenters. The van der Waals surface area contributed by atoms with Gasteiger partial charge in [0.25, 0.3) is 0 Å². The highest BCUT2D eigenvalue weighted by molar-refractivity contribution is 5.83. The SMILES string of the molecule is CC1CCCN(C(=O)NCCCn2ccnn2)C1C(=O)O. The van der Waals surface area contributed by atoms with Crippen LogP contribution >= 0.6 is 0 Å². The number of piperidine rings is 1. The predicted octanol–water partition coefficient (Wildman–Crippen LogP) is 0.563. The van der Waals surface area contributed by atoms with Crippen LogP contribution in [0.1, 0.15) is 26.2 Å². The van der Waals surface area contributed by atoms with Gasteiger partial charge in [-0.05, 0) is 25.2 Å². The number of hydrogen-bond donors (Lipinski definition) is 2. The third kappa shape index (κ3) is 3.93. The number of aryl methyl sites for hydroxylation is 1. The summed E-state index contributed by atoms with van der Waals surface area (Å²) in [5, 5.41) is 19.6. The zero-order chi connectivity index (χ0) is 15.2. The lowest BCUT2D eigenvalue weighted by atomic mass is 9.91. The molecule has 8 nitrogen and oxygen atoms in total. The van der Waals surface area contributed by atoms with Crippen molar-refractivity contribution in [3.05, 3.63) is 12.4 Å². The van der Waals surface area contributed by atoms with Gasteiger partial charge in [0.1, 0.15) is 6.04 Å². The summed E-state index contributed by atoms with van der Waals surface area (Å²) >= 11 is 0. The minimum absolute atomic E-state index is 0.0165. The van der Waals surface area contributed by atoms with Gasteiger partial charge in [0, 0.05) is 25.8 Å². The number of carboxylic acid groups (broad SMARTS) is 1. The highest BCUT2D eigenvalue weighted by Crippen LogP contribution is 2.23. The Kier molecular flexibility index (Phi) is 5.13. The number of hydrogen-bond acceptors (Lipinski definition) is 4. The molecular weight excluding hydrogens is 274 g/mol. The molecule has 0 saturated carbocycles. The van der Waals surface area contributed by atoms with E-state index >= 15 is 0 Å². The summed E-state index contributed by atoms with van der Waals surface area (Å²) in [6.45, 7) is 3.52. The van der Waals surface area contributed by atoms with Crippen molar-refractivity contribution >= 4 is 12.0 Å². The molecule has 1 fully saturated rings. The molecule has 116 valence electrons. The lowest BCUT2D eigenvalue weighted by Crippen LogP contribution is -2.55. The van der Waals surface area contributed by atoms with Crippen LogP contribution in [-0.2, 0) is 11.3 Å². The van der Waals surface area contributed by atoms with Crippen molar-refractivity contribution in [2.24, 2.45) is 5.92 Å². The van der Waals surface area contributed by atoms with Crippen LogP contribution in [0.4, 0.5) is 4.79 Å². The van der Waals surface area contributed by atoms with Gasteiger partial charge in [-0.2, -0.15) is 0 Å². The van der Waals surface area contributed by atoms with Crippen LogP contribution in [0.15, 0.2) is 12.4 Å². The number of nitrogens with one attached hydrogen (secondary N) is 1. The number of likely N-dealkylation sites (tertiary alicyclic amines) is 1. The van der Waals surface area contributed by atoms with Crippen molar-refractivity contribution in [1.82, 2.24) is 25.2 Å². The second-order valence-corrected chi connectivity index (χ2v) is 5.35. The molecule has 2 N–H and O–H groups in total. The molecule has 2 unspecified atom stereocenters. The topological polar surface area (TPSA) is 100 Å². The summed E-state index contributed by atoms with van der Waals surface area (Å²) in [5.41, 5.74) is 0. The monoisotopic (exact) mass is 295 g/mol. The van der Waals surface area contributed by atoms with Crippen molar-refractivity contribution in [2.45, 2.75) is 38.8 Å². The van der Waals surface area contributed by atoms with E-state index in [1.165, 1.54) is 4.90 Å². The van der Waals surface area contributed by atoms with Crippen LogP contribution in [0.25, 0.3) is 0 Å². The van der Waals surface area contributed by atoms with Crippen molar-refractivity contribution in [2.75, 3.05) is 13.1 Å². The van der Waals surface area contributed by atoms with Crippen LogP contribution in [0.5, 0.6) is 0 Å². The Balaban J connectivity index is 1.79. The Morgan fingerprint density at radius 2 is 2.29 bits per heavy atom. The summed E-state index contributed by atoms with van der Waals surface area (Å²) < 4.78 is 1.69. The molecule has 21 heavy (non-hydrogen) atoms. The number of carboxylic acids is 1. The Labute approximate surface area is 123 Å². The molecule has 1 aromatic heterocycles. The molecule has 0 bridgehead atoms. The standard InChI is InChI=1S/C13H21N5O3/c1-10-4-2-8-18(11(10)12(19)20)13(21)14-5-3-7-17-9-6-15-16-17/h6,9-11H,2-5,7-8H2,1H3,(H,14,21)(H,19,20). The molecular formula is C13H21N5O3. The fourth-order valence-electron chi connectivity index (χ4n) is 2.68. The number of nitrogens with zero attached hydrogens (tertiary/aromatic N) is 4. The summed E-state index contributed by atoms with van der Waals surface area (Å²) in [6.07, 6.45) is 5.76. The van der Waals surface area contributed by atoms with Gasteiger partial charge in [0.05, 0.1) is 6.20 Å². The fourth-order valence-corrected chi connectivity index (χ4v) is 2.68. The minimum Gasteiger partial charge on any atom is -0.480 e. The fraction of sp³-hybridized carbons (Fsp3) is 0.692. The van der Waals surface area contributed by atoms with Crippen molar-refractivity contribution < 1.29 is 14.7 Å². The zero-order valence-electron chi connectivity index (χ0n) is 12.1. The second-order valence-electron chi connectivity index (χ2n) is 5.35. The van der Waals surface area contributed by atoms with Gasteiger partial charge in [-0.1, -0.05) is 12.1 Å². The first-order valence-corrected chi connectivity index (χ1v) is 7.21. The average molecular weight is 295 g/mol. The van der Waals surface area contributed by atoms with E-state index in [2.05, 4.69) is 15.6 Å². The Hall–Kier alpha value is -2.12. The predicted molar refractivity (Wildman–Crippen MR) is 74.6 cm³/mol. The molecule has 2 amide bonds. The molecule has 8 heteroatoms. The van der Waals surface area contributed by atoms with Gasteiger partial charge in [-0.3, -0.25) is 4.68 Å². The van der Waals surface area contributed by atoms with Crippen LogP contribution in [0, 0.1) is 5.92 Å². The first kappa shape index (κ1) is 15.3. The van der Waals surface area contributed by atoms with Gasteiger partial charge >= 0.3 is 12.0 Å². The summed E-state index contributed by atoms with van der Waals surface area (Å²) in [4.78, 5) is 24.9. The molecule has 0 aromatic carbocycles. The molecule has 1 aliphatic heterocycles. The van der Waals surface area contributed by atoms with Gasteiger partial charge in [0.15, 0.2) is 0 Å². The van der Waals surface area contributed by atoms with Gasteiger partial charge in [-0.25, -0.2) is 9.59 Å². The number of rotatable bonds is 5. The quantitative estimate of drug-likeness (QED) is 0.773. The molecule has 0 radical (unpaired) electrons. The van der Waals surface area contributed by atoms with Gasteiger partial charge in [-0.15, -0.1) is 5.10 Å². The third-order valence-electron chi connectivity index (χ3n) is 3.76. The lowest BCUT2D eigenvalue weighted by Gasteiger charge is -2.37. The van der Waals surface area contributed by atoms with Crippen LogP contribution in [0.2, 0.25) is 0 Å².